The molecule has 5 heteroatoms. The molecule has 0 aliphatic carbocycles. The summed E-state index contributed by atoms with van der Waals surface area (Å²) >= 11 is 5.86. The highest BCUT2D eigenvalue weighted by Gasteiger charge is 2.05. The molecule has 1 aromatic carbocycles. The molecule has 0 bridgehead atoms. The molecule has 16 heavy (non-hydrogen) atoms. The maximum atomic E-state index is 13.3. The Bertz CT molecular complexity index is 353. The quantitative estimate of drug-likeness (QED) is 0.799. The van der Waals surface area contributed by atoms with Crippen LogP contribution in [0.5, 0.6) is 0 Å². The van der Waals surface area contributed by atoms with Crippen LogP contribution >= 0.6 is 11.6 Å². The van der Waals surface area contributed by atoms with Crippen molar-refractivity contribution in [3.8, 4) is 0 Å². The van der Waals surface area contributed by atoms with Crippen molar-refractivity contribution in [2.24, 2.45) is 0 Å². The number of hydrogen-bond donors (Lipinski definition) is 1. The zero-order valence-electron chi connectivity index (χ0n) is 9.13. The Hall–Kier alpha value is -0.450. The predicted molar refractivity (Wildman–Crippen MR) is 66.7 cm³/mol. The Morgan fingerprint density at radius 2 is 2.25 bits per heavy atom. The summed E-state index contributed by atoms with van der Waals surface area (Å²) in [6, 6.07) is 4.65. The second-order valence-corrected chi connectivity index (χ2v) is 5.47. The zero-order chi connectivity index (χ0) is 12.0. The van der Waals surface area contributed by atoms with Crippen molar-refractivity contribution >= 4 is 22.4 Å². The van der Waals surface area contributed by atoms with E-state index in [1.807, 2.05) is 0 Å². The number of hydrogen-bond acceptors (Lipinski definition) is 2. The molecular weight excluding hydrogens is 249 g/mol. The van der Waals surface area contributed by atoms with E-state index in [-0.39, 0.29) is 5.82 Å². The van der Waals surface area contributed by atoms with Crippen LogP contribution in [-0.2, 0) is 17.3 Å². The first kappa shape index (κ1) is 13.6. The predicted octanol–water partition coefficient (Wildman–Crippen LogP) is 2.34. The molecule has 1 N–H and O–H groups in total. The van der Waals surface area contributed by atoms with E-state index in [0.29, 0.717) is 29.4 Å². The van der Waals surface area contributed by atoms with Crippen LogP contribution in [0.15, 0.2) is 18.2 Å². The van der Waals surface area contributed by atoms with E-state index in [1.54, 1.807) is 18.4 Å². The average Bonchev–Trinajstić information content (AvgIpc) is 2.21. The van der Waals surface area contributed by atoms with Gasteiger partial charge in [0, 0.05) is 39.9 Å². The van der Waals surface area contributed by atoms with Gasteiger partial charge in [-0.05, 0) is 25.1 Å². The Balaban J connectivity index is 2.34. The van der Waals surface area contributed by atoms with Gasteiger partial charge in [0.15, 0.2) is 0 Å². The van der Waals surface area contributed by atoms with Gasteiger partial charge < -0.3 is 5.32 Å². The van der Waals surface area contributed by atoms with Gasteiger partial charge in [-0.3, -0.25) is 4.21 Å². The van der Waals surface area contributed by atoms with E-state index in [1.165, 1.54) is 6.07 Å². The van der Waals surface area contributed by atoms with Crippen LogP contribution in [0, 0.1) is 5.82 Å². The van der Waals surface area contributed by atoms with Gasteiger partial charge in [-0.1, -0.05) is 17.7 Å². The van der Waals surface area contributed by atoms with E-state index < -0.39 is 10.8 Å². The molecule has 0 amide bonds. The summed E-state index contributed by atoms with van der Waals surface area (Å²) in [4.78, 5) is 0. The van der Waals surface area contributed by atoms with Crippen molar-refractivity contribution in [2.45, 2.75) is 13.0 Å². The zero-order valence-corrected chi connectivity index (χ0v) is 10.7. The average molecular weight is 264 g/mol. The van der Waals surface area contributed by atoms with E-state index in [2.05, 4.69) is 5.32 Å². The second-order valence-electron chi connectivity index (χ2n) is 3.51. The molecule has 1 rings (SSSR count). The summed E-state index contributed by atoms with van der Waals surface area (Å²) in [6.45, 7) is 1.12. The lowest BCUT2D eigenvalue weighted by molar-refractivity contribution is 0.586. The fourth-order valence-electron chi connectivity index (χ4n) is 1.32. The summed E-state index contributed by atoms with van der Waals surface area (Å²) in [5.41, 5.74) is 0.488. The van der Waals surface area contributed by atoms with E-state index in [9.17, 15) is 8.60 Å². The minimum atomic E-state index is -0.762. The largest absolute Gasteiger partial charge is 0.312 e. The van der Waals surface area contributed by atoms with Crippen LogP contribution in [0.2, 0.25) is 5.02 Å². The molecule has 0 aromatic heterocycles. The van der Waals surface area contributed by atoms with Gasteiger partial charge in [0.25, 0.3) is 0 Å². The molecule has 0 aliphatic rings. The van der Waals surface area contributed by atoms with E-state index >= 15 is 0 Å². The molecule has 0 saturated heterocycles. The molecule has 0 saturated carbocycles. The van der Waals surface area contributed by atoms with Gasteiger partial charge in [0.1, 0.15) is 5.82 Å². The molecule has 0 heterocycles. The number of benzene rings is 1. The smallest absolute Gasteiger partial charge is 0.129 e. The monoisotopic (exact) mass is 263 g/mol. The molecule has 0 spiro atoms. The van der Waals surface area contributed by atoms with Crippen molar-refractivity contribution in [1.29, 1.82) is 0 Å². The summed E-state index contributed by atoms with van der Waals surface area (Å²) in [6.07, 6.45) is 2.49. The van der Waals surface area contributed by atoms with Crippen molar-refractivity contribution < 1.29 is 8.60 Å². The fraction of sp³-hybridized carbons (Fsp3) is 0.455. The maximum Gasteiger partial charge on any atom is 0.129 e. The van der Waals surface area contributed by atoms with Gasteiger partial charge in [0.05, 0.1) is 0 Å². The molecule has 2 nitrogen and oxygen atoms in total. The molecule has 1 unspecified atom stereocenters. The van der Waals surface area contributed by atoms with Crippen molar-refractivity contribution in [3.63, 3.8) is 0 Å². The lowest BCUT2D eigenvalue weighted by Crippen LogP contribution is -2.17. The highest BCUT2D eigenvalue weighted by Crippen LogP contribution is 2.18. The summed E-state index contributed by atoms with van der Waals surface area (Å²) in [5.74, 6) is 0.372. The minimum absolute atomic E-state index is 0.293. The van der Waals surface area contributed by atoms with Crippen LogP contribution in [0.1, 0.15) is 12.0 Å². The van der Waals surface area contributed by atoms with Crippen LogP contribution < -0.4 is 5.32 Å². The number of nitrogens with one attached hydrogen (secondary N) is 1. The topological polar surface area (TPSA) is 29.1 Å². The number of rotatable bonds is 6. The van der Waals surface area contributed by atoms with Crippen LogP contribution in [0.3, 0.4) is 0 Å². The first-order chi connectivity index (χ1) is 7.61. The molecular formula is C11H15ClFNOS. The third-order valence-corrected chi connectivity index (χ3v) is 3.37. The molecule has 1 atom stereocenters. The Kier molecular flexibility index (Phi) is 5.95. The van der Waals surface area contributed by atoms with Crippen LogP contribution in [0.4, 0.5) is 4.39 Å². The van der Waals surface area contributed by atoms with Crippen molar-refractivity contribution in [2.75, 3.05) is 18.6 Å². The maximum absolute atomic E-state index is 13.3. The molecule has 1 aromatic rings. The SMILES string of the molecule is CS(=O)CCCNCc1c(F)cccc1Cl. The molecule has 90 valence electrons. The summed E-state index contributed by atoms with van der Waals surface area (Å²) in [5, 5.41) is 3.52. The van der Waals surface area contributed by atoms with E-state index in [0.717, 1.165) is 6.42 Å². The summed E-state index contributed by atoms with van der Waals surface area (Å²) in [7, 11) is -0.762. The van der Waals surface area contributed by atoms with Gasteiger partial charge in [-0.15, -0.1) is 0 Å². The molecule has 0 aliphatic heterocycles. The first-order valence-electron chi connectivity index (χ1n) is 5.05. The third kappa shape index (κ3) is 4.60. The van der Waals surface area contributed by atoms with Crippen molar-refractivity contribution in [1.82, 2.24) is 5.32 Å². The lowest BCUT2D eigenvalue weighted by atomic mass is 10.2. The lowest BCUT2D eigenvalue weighted by Gasteiger charge is -2.07. The van der Waals surface area contributed by atoms with E-state index in [4.69, 9.17) is 11.6 Å². The molecule has 0 radical (unpaired) electrons. The second kappa shape index (κ2) is 6.99. The summed E-state index contributed by atoms with van der Waals surface area (Å²) < 4.78 is 24.1. The fourth-order valence-corrected chi connectivity index (χ4v) is 2.10. The van der Waals surface area contributed by atoms with Crippen LogP contribution in [-0.4, -0.2) is 22.8 Å². The van der Waals surface area contributed by atoms with Crippen LogP contribution in [0.25, 0.3) is 0 Å². The Labute approximate surface area is 103 Å². The van der Waals surface area contributed by atoms with Gasteiger partial charge in [0.2, 0.25) is 0 Å². The highest BCUT2D eigenvalue weighted by atomic mass is 35.5. The van der Waals surface area contributed by atoms with Crippen molar-refractivity contribution in [3.05, 3.63) is 34.6 Å². The minimum Gasteiger partial charge on any atom is -0.312 e. The normalized spacial score (nSPS) is 12.7. The van der Waals surface area contributed by atoms with Gasteiger partial charge in [-0.25, -0.2) is 4.39 Å². The standard InChI is InChI=1S/C11H15ClFNOS/c1-16(15)7-3-6-14-8-9-10(12)4-2-5-11(9)13/h2,4-5,14H,3,6-8H2,1H3. The van der Waals surface area contributed by atoms with Gasteiger partial charge in [-0.2, -0.15) is 0 Å². The highest BCUT2D eigenvalue weighted by molar-refractivity contribution is 7.84. The molecule has 0 fully saturated rings. The first-order valence-corrected chi connectivity index (χ1v) is 7.15. The Morgan fingerprint density at radius 3 is 2.88 bits per heavy atom. The third-order valence-electron chi connectivity index (χ3n) is 2.15. The Morgan fingerprint density at radius 1 is 1.50 bits per heavy atom. The van der Waals surface area contributed by atoms with Gasteiger partial charge >= 0.3 is 0 Å². The number of halogens is 2.